The monoisotopic (exact) mass is 302 g/mol. The molecule has 3 rings (SSSR count). The second-order valence-electron chi connectivity index (χ2n) is 5.65. The maximum atomic E-state index is 9.78. The summed E-state index contributed by atoms with van der Waals surface area (Å²) in [5, 5.41) is 10.5. The molecule has 3 heteroatoms. The Balaban J connectivity index is 1.91. The standard InChI is InChI=1S/C18H19ClO2/c1-12-3-2-4-13(7-12)16(11-20)8-15-10-17(19)9-14-5-6-21-18(14)15/h2-4,7,9-10,16,20H,5-6,8,11H2,1H3. The Kier molecular flexibility index (Phi) is 4.18. The Hall–Kier alpha value is -1.51. The zero-order chi connectivity index (χ0) is 14.8. The van der Waals surface area contributed by atoms with Crippen molar-refractivity contribution in [3.63, 3.8) is 0 Å². The molecule has 0 radical (unpaired) electrons. The van der Waals surface area contributed by atoms with Gasteiger partial charge in [-0.05, 0) is 42.2 Å². The highest BCUT2D eigenvalue weighted by Crippen LogP contribution is 2.35. The van der Waals surface area contributed by atoms with E-state index >= 15 is 0 Å². The molecule has 0 saturated carbocycles. The first-order valence-corrected chi connectivity index (χ1v) is 7.66. The third-order valence-electron chi connectivity index (χ3n) is 4.03. The molecule has 1 atom stereocenters. The third kappa shape index (κ3) is 3.07. The number of hydrogen-bond donors (Lipinski definition) is 1. The van der Waals surface area contributed by atoms with Gasteiger partial charge in [-0.15, -0.1) is 0 Å². The van der Waals surface area contributed by atoms with Crippen molar-refractivity contribution in [2.24, 2.45) is 0 Å². The average molecular weight is 303 g/mol. The van der Waals surface area contributed by atoms with E-state index in [1.54, 1.807) is 0 Å². The van der Waals surface area contributed by atoms with Crippen LogP contribution >= 0.6 is 11.6 Å². The Morgan fingerprint density at radius 3 is 2.90 bits per heavy atom. The molecule has 1 N–H and O–H groups in total. The van der Waals surface area contributed by atoms with Crippen molar-refractivity contribution < 1.29 is 9.84 Å². The maximum Gasteiger partial charge on any atom is 0.125 e. The molecule has 0 amide bonds. The Labute approximate surface area is 130 Å². The lowest BCUT2D eigenvalue weighted by Gasteiger charge is -2.17. The molecule has 0 bridgehead atoms. The number of benzene rings is 2. The van der Waals surface area contributed by atoms with E-state index in [0.29, 0.717) is 0 Å². The van der Waals surface area contributed by atoms with Crippen LogP contribution < -0.4 is 4.74 Å². The van der Waals surface area contributed by atoms with Gasteiger partial charge in [-0.3, -0.25) is 0 Å². The van der Waals surface area contributed by atoms with Crippen LogP contribution in [0.4, 0.5) is 0 Å². The summed E-state index contributed by atoms with van der Waals surface area (Å²) in [5.41, 5.74) is 4.64. The minimum Gasteiger partial charge on any atom is -0.493 e. The fourth-order valence-corrected chi connectivity index (χ4v) is 3.24. The summed E-state index contributed by atoms with van der Waals surface area (Å²) in [7, 11) is 0. The Bertz CT molecular complexity index is 652. The molecule has 1 unspecified atom stereocenters. The van der Waals surface area contributed by atoms with Crippen LogP contribution in [-0.2, 0) is 12.8 Å². The normalized spacial score (nSPS) is 14.6. The molecule has 21 heavy (non-hydrogen) atoms. The summed E-state index contributed by atoms with van der Waals surface area (Å²) in [6, 6.07) is 12.2. The summed E-state index contributed by atoms with van der Waals surface area (Å²) in [4.78, 5) is 0. The van der Waals surface area contributed by atoms with Gasteiger partial charge in [-0.2, -0.15) is 0 Å². The molecule has 0 fully saturated rings. The van der Waals surface area contributed by atoms with Crippen molar-refractivity contribution in [3.8, 4) is 5.75 Å². The number of fused-ring (bicyclic) bond motifs is 1. The summed E-state index contributed by atoms with van der Waals surface area (Å²) < 4.78 is 5.75. The van der Waals surface area contributed by atoms with Gasteiger partial charge in [0.15, 0.2) is 0 Å². The van der Waals surface area contributed by atoms with Crippen molar-refractivity contribution in [3.05, 3.63) is 63.7 Å². The predicted molar refractivity (Wildman–Crippen MR) is 85.4 cm³/mol. The van der Waals surface area contributed by atoms with E-state index in [-0.39, 0.29) is 12.5 Å². The average Bonchev–Trinajstić information content (AvgIpc) is 2.92. The summed E-state index contributed by atoms with van der Waals surface area (Å²) in [6.07, 6.45) is 1.65. The van der Waals surface area contributed by atoms with Crippen molar-refractivity contribution in [1.82, 2.24) is 0 Å². The second kappa shape index (κ2) is 6.08. The van der Waals surface area contributed by atoms with E-state index < -0.39 is 0 Å². The van der Waals surface area contributed by atoms with E-state index in [1.807, 2.05) is 18.2 Å². The van der Waals surface area contributed by atoms with E-state index in [1.165, 1.54) is 11.1 Å². The molecule has 0 aliphatic carbocycles. The van der Waals surface area contributed by atoms with Gasteiger partial charge in [0, 0.05) is 17.4 Å². The van der Waals surface area contributed by atoms with Gasteiger partial charge in [-0.1, -0.05) is 41.4 Å². The van der Waals surface area contributed by atoms with Crippen LogP contribution in [0.1, 0.15) is 28.2 Å². The van der Waals surface area contributed by atoms with E-state index in [2.05, 4.69) is 25.1 Å². The Morgan fingerprint density at radius 2 is 2.14 bits per heavy atom. The number of rotatable bonds is 4. The highest BCUT2D eigenvalue weighted by atomic mass is 35.5. The molecule has 1 aliphatic heterocycles. The van der Waals surface area contributed by atoms with Crippen LogP contribution in [0.2, 0.25) is 5.02 Å². The number of halogens is 1. The lowest BCUT2D eigenvalue weighted by Crippen LogP contribution is -2.09. The lowest BCUT2D eigenvalue weighted by molar-refractivity contribution is 0.263. The molecule has 2 nitrogen and oxygen atoms in total. The fraction of sp³-hybridized carbons (Fsp3) is 0.333. The highest BCUT2D eigenvalue weighted by molar-refractivity contribution is 6.30. The van der Waals surface area contributed by atoms with Crippen LogP contribution in [0.25, 0.3) is 0 Å². The van der Waals surface area contributed by atoms with Crippen LogP contribution in [0.5, 0.6) is 5.75 Å². The molecule has 1 aliphatic rings. The number of hydrogen-bond acceptors (Lipinski definition) is 2. The summed E-state index contributed by atoms with van der Waals surface area (Å²) in [6.45, 7) is 2.90. The number of aryl methyl sites for hydroxylation is 1. The van der Waals surface area contributed by atoms with Crippen LogP contribution in [-0.4, -0.2) is 18.3 Å². The zero-order valence-corrected chi connectivity index (χ0v) is 12.9. The molecular weight excluding hydrogens is 284 g/mol. The van der Waals surface area contributed by atoms with Crippen molar-refractivity contribution in [2.45, 2.75) is 25.7 Å². The topological polar surface area (TPSA) is 29.5 Å². The van der Waals surface area contributed by atoms with Gasteiger partial charge >= 0.3 is 0 Å². The molecule has 0 saturated heterocycles. The first kappa shape index (κ1) is 14.4. The number of aliphatic hydroxyl groups is 1. The minimum atomic E-state index is 0.0664. The first-order valence-electron chi connectivity index (χ1n) is 7.29. The largest absolute Gasteiger partial charge is 0.493 e. The second-order valence-corrected chi connectivity index (χ2v) is 6.09. The molecule has 2 aromatic carbocycles. The van der Waals surface area contributed by atoms with Crippen LogP contribution in [0.15, 0.2) is 36.4 Å². The quantitative estimate of drug-likeness (QED) is 0.928. The number of aliphatic hydroxyl groups excluding tert-OH is 1. The van der Waals surface area contributed by atoms with Crippen LogP contribution in [0, 0.1) is 6.92 Å². The number of ether oxygens (including phenoxy) is 1. The van der Waals surface area contributed by atoms with Crippen molar-refractivity contribution in [2.75, 3.05) is 13.2 Å². The van der Waals surface area contributed by atoms with Gasteiger partial charge < -0.3 is 9.84 Å². The summed E-state index contributed by atoms with van der Waals surface area (Å²) >= 11 is 6.21. The molecular formula is C18H19ClO2. The third-order valence-corrected chi connectivity index (χ3v) is 4.24. The summed E-state index contributed by atoms with van der Waals surface area (Å²) in [5.74, 6) is 1.03. The molecule has 0 spiro atoms. The SMILES string of the molecule is Cc1cccc(C(CO)Cc2cc(Cl)cc3c2OCC3)c1. The fourth-order valence-electron chi connectivity index (χ4n) is 2.97. The smallest absolute Gasteiger partial charge is 0.125 e. The van der Waals surface area contributed by atoms with Gasteiger partial charge in [0.1, 0.15) is 5.75 Å². The van der Waals surface area contributed by atoms with Gasteiger partial charge in [0.05, 0.1) is 13.2 Å². The maximum absolute atomic E-state index is 9.78. The van der Waals surface area contributed by atoms with E-state index in [4.69, 9.17) is 16.3 Å². The molecule has 110 valence electrons. The van der Waals surface area contributed by atoms with Crippen molar-refractivity contribution >= 4 is 11.6 Å². The molecule has 1 heterocycles. The zero-order valence-electron chi connectivity index (χ0n) is 12.1. The Morgan fingerprint density at radius 1 is 1.29 bits per heavy atom. The highest BCUT2D eigenvalue weighted by Gasteiger charge is 2.21. The molecule has 2 aromatic rings. The van der Waals surface area contributed by atoms with Crippen LogP contribution in [0.3, 0.4) is 0 Å². The van der Waals surface area contributed by atoms with Gasteiger partial charge in [0.2, 0.25) is 0 Å². The van der Waals surface area contributed by atoms with Gasteiger partial charge in [0.25, 0.3) is 0 Å². The van der Waals surface area contributed by atoms with E-state index in [9.17, 15) is 5.11 Å². The predicted octanol–water partition coefficient (Wildman–Crippen LogP) is 3.90. The van der Waals surface area contributed by atoms with E-state index in [0.717, 1.165) is 41.3 Å². The first-order chi connectivity index (χ1) is 10.2. The lowest BCUT2D eigenvalue weighted by atomic mass is 9.90. The van der Waals surface area contributed by atoms with Gasteiger partial charge in [-0.25, -0.2) is 0 Å². The van der Waals surface area contributed by atoms with Crippen molar-refractivity contribution in [1.29, 1.82) is 0 Å². The minimum absolute atomic E-state index is 0.0664. The molecule has 0 aromatic heterocycles.